The van der Waals surface area contributed by atoms with Crippen LogP contribution in [0.4, 0.5) is 0 Å². The van der Waals surface area contributed by atoms with Crippen molar-refractivity contribution in [1.82, 2.24) is 4.98 Å². The molecule has 0 fully saturated rings. The Balaban J connectivity index is 2.34. The summed E-state index contributed by atoms with van der Waals surface area (Å²) in [5, 5.41) is 3.49. The van der Waals surface area contributed by atoms with Crippen LogP contribution >= 0.6 is 11.3 Å². The van der Waals surface area contributed by atoms with Gasteiger partial charge in [-0.3, -0.25) is 0 Å². The minimum absolute atomic E-state index is 1.09. The van der Waals surface area contributed by atoms with Crippen molar-refractivity contribution in [3.8, 4) is 10.6 Å². The average molecular weight is 281 g/mol. The van der Waals surface area contributed by atoms with Gasteiger partial charge in [0.15, 0.2) is 0 Å². The first-order valence-electron chi connectivity index (χ1n) is 7.05. The van der Waals surface area contributed by atoms with E-state index >= 15 is 0 Å². The molecule has 0 aliphatic carbocycles. The highest BCUT2D eigenvalue weighted by molar-refractivity contribution is 7.13. The maximum absolute atomic E-state index is 4.14. The lowest BCUT2D eigenvalue weighted by Crippen LogP contribution is -1.87. The van der Waals surface area contributed by atoms with Crippen LogP contribution in [0.25, 0.3) is 27.0 Å². The van der Waals surface area contributed by atoms with Crippen LogP contribution < -0.4 is 0 Å². The first kappa shape index (κ1) is 13.2. The van der Waals surface area contributed by atoms with Gasteiger partial charge < -0.3 is 4.98 Å². The Kier molecular flexibility index (Phi) is 3.49. The lowest BCUT2D eigenvalue weighted by molar-refractivity contribution is 0.931. The van der Waals surface area contributed by atoms with Crippen LogP contribution in [0.2, 0.25) is 0 Å². The minimum Gasteiger partial charge on any atom is -0.354 e. The number of fused-ring (bicyclic) bond motifs is 1. The van der Waals surface area contributed by atoms with E-state index in [4.69, 9.17) is 0 Å². The van der Waals surface area contributed by atoms with Gasteiger partial charge >= 0.3 is 0 Å². The molecule has 3 rings (SSSR count). The second kappa shape index (κ2) is 5.29. The number of nitrogens with one attached hydrogen (secondary N) is 1. The Morgan fingerprint density at radius 1 is 1.25 bits per heavy atom. The summed E-state index contributed by atoms with van der Waals surface area (Å²) in [5.41, 5.74) is 6.33. The maximum Gasteiger partial charge on any atom is 0.0599 e. The van der Waals surface area contributed by atoms with Crippen molar-refractivity contribution < 1.29 is 0 Å². The van der Waals surface area contributed by atoms with E-state index in [9.17, 15) is 0 Å². The molecule has 0 aliphatic rings. The second-order valence-electron chi connectivity index (χ2n) is 5.21. The summed E-state index contributed by atoms with van der Waals surface area (Å²) in [6, 6.07) is 10.8. The molecule has 0 radical (unpaired) electrons. The van der Waals surface area contributed by atoms with Crippen molar-refractivity contribution in [2.45, 2.75) is 26.7 Å². The van der Waals surface area contributed by atoms with Crippen molar-refractivity contribution in [1.29, 1.82) is 0 Å². The first-order chi connectivity index (χ1) is 9.72. The number of rotatable bonds is 4. The Morgan fingerprint density at radius 2 is 2.10 bits per heavy atom. The fraction of sp³-hybridized carbons (Fsp3) is 0.222. The SMILES string of the molecule is C=C(C)c1cccc2[nH]c(-c3cccs3)c(CCC)c12. The molecule has 0 aliphatic heterocycles. The number of hydrogen-bond donors (Lipinski definition) is 1. The largest absolute Gasteiger partial charge is 0.354 e. The van der Waals surface area contributed by atoms with Gasteiger partial charge in [0.1, 0.15) is 0 Å². The van der Waals surface area contributed by atoms with Gasteiger partial charge in [-0.1, -0.05) is 43.7 Å². The molecule has 2 aromatic heterocycles. The molecular formula is C18H19NS. The smallest absolute Gasteiger partial charge is 0.0599 e. The lowest BCUT2D eigenvalue weighted by atomic mass is 9.97. The molecular weight excluding hydrogens is 262 g/mol. The van der Waals surface area contributed by atoms with Crippen LogP contribution in [0.1, 0.15) is 31.4 Å². The molecule has 102 valence electrons. The summed E-state index contributed by atoms with van der Waals surface area (Å²) in [6.45, 7) is 8.46. The van der Waals surface area contributed by atoms with E-state index in [1.807, 2.05) is 0 Å². The van der Waals surface area contributed by atoms with Crippen molar-refractivity contribution in [3.05, 3.63) is 53.4 Å². The van der Waals surface area contributed by atoms with Gasteiger partial charge in [-0.05, 0) is 42.0 Å². The summed E-state index contributed by atoms with van der Waals surface area (Å²) in [4.78, 5) is 4.93. The number of aromatic amines is 1. The normalized spacial score (nSPS) is 11.1. The third-order valence-electron chi connectivity index (χ3n) is 3.66. The summed E-state index contributed by atoms with van der Waals surface area (Å²) in [7, 11) is 0. The van der Waals surface area contributed by atoms with Gasteiger partial charge in [-0.25, -0.2) is 0 Å². The number of H-pyrrole nitrogens is 1. The van der Waals surface area contributed by atoms with E-state index in [0.717, 1.165) is 18.4 Å². The number of benzene rings is 1. The highest BCUT2D eigenvalue weighted by Crippen LogP contribution is 2.36. The lowest BCUT2D eigenvalue weighted by Gasteiger charge is -2.06. The van der Waals surface area contributed by atoms with E-state index in [1.54, 1.807) is 11.3 Å². The highest BCUT2D eigenvalue weighted by atomic mass is 32.1. The van der Waals surface area contributed by atoms with Crippen molar-refractivity contribution in [2.24, 2.45) is 0 Å². The first-order valence-corrected chi connectivity index (χ1v) is 7.93. The zero-order valence-electron chi connectivity index (χ0n) is 12.0. The fourth-order valence-electron chi connectivity index (χ4n) is 2.80. The van der Waals surface area contributed by atoms with Crippen molar-refractivity contribution in [2.75, 3.05) is 0 Å². The summed E-state index contributed by atoms with van der Waals surface area (Å²) >= 11 is 1.79. The van der Waals surface area contributed by atoms with Crippen LogP contribution in [-0.4, -0.2) is 4.98 Å². The molecule has 0 atom stereocenters. The van der Waals surface area contributed by atoms with Gasteiger partial charge in [0.25, 0.3) is 0 Å². The van der Waals surface area contributed by atoms with Gasteiger partial charge in [-0.15, -0.1) is 11.3 Å². The van der Waals surface area contributed by atoms with Crippen LogP contribution in [0.3, 0.4) is 0 Å². The van der Waals surface area contributed by atoms with E-state index in [2.05, 4.69) is 61.1 Å². The number of aromatic nitrogens is 1. The number of allylic oxidation sites excluding steroid dienone is 1. The molecule has 1 nitrogen and oxygen atoms in total. The predicted molar refractivity (Wildman–Crippen MR) is 90.3 cm³/mol. The predicted octanol–water partition coefficient (Wildman–Crippen LogP) is 5.88. The molecule has 3 aromatic rings. The molecule has 0 unspecified atom stereocenters. The molecule has 0 saturated heterocycles. The Labute approximate surface area is 124 Å². The van der Waals surface area contributed by atoms with Gasteiger partial charge in [0.05, 0.1) is 10.6 Å². The zero-order chi connectivity index (χ0) is 14.1. The van der Waals surface area contributed by atoms with E-state index in [0.29, 0.717) is 0 Å². The summed E-state index contributed by atoms with van der Waals surface area (Å²) in [5.74, 6) is 0. The highest BCUT2D eigenvalue weighted by Gasteiger charge is 2.16. The quantitative estimate of drug-likeness (QED) is 0.614. The molecule has 2 heteroatoms. The molecule has 0 amide bonds. The van der Waals surface area contributed by atoms with E-state index < -0.39 is 0 Å². The number of aryl methyl sites for hydroxylation is 1. The fourth-order valence-corrected chi connectivity index (χ4v) is 3.56. The summed E-state index contributed by atoms with van der Waals surface area (Å²) < 4.78 is 0. The van der Waals surface area contributed by atoms with Gasteiger partial charge in [0.2, 0.25) is 0 Å². The topological polar surface area (TPSA) is 15.8 Å². The van der Waals surface area contributed by atoms with E-state index in [-0.39, 0.29) is 0 Å². The van der Waals surface area contributed by atoms with Crippen LogP contribution in [0.15, 0.2) is 42.3 Å². The third kappa shape index (κ3) is 2.10. The zero-order valence-corrected chi connectivity index (χ0v) is 12.8. The monoisotopic (exact) mass is 281 g/mol. The van der Waals surface area contributed by atoms with Crippen LogP contribution in [0, 0.1) is 0 Å². The number of thiophene rings is 1. The maximum atomic E-state index is 4.14. The molecule has 0 bridgehead atoms. The van der Waals surface area contributed by atoms with Crippen LogP contribution in [0.5, 0.6) is 0 Å². The van der Waals surface area contributed by atoms with Crippen molar-refractivity contribution in [3.63, 3.8) is 0 Å². The third-order valence-corrected chi connectivity index (χ3v) is 4.54. The molecule has 1 aromatic carbocycles. The average Bonchev–Trinajstić information content (AvgIpc) is 3.06. The van der Waals surface area contributed by atoms with Crippen molar-refractivity contribution >= 4 is 27.8 Å². The minimum atomic E-state index is 1.09. The van der Waals surface area contributed by atoms with Gasteiger partial charge in [-0.2, -0.15) is 0 Å². The Hall–Kier alpha value is -1.80. The van der Waals surface area contributed by atoms with Gasteiger partial charge in [0, 0.05) is 10.9 Å². The Bertz CT molecular complexity index is 747. The van der Waals surface area contributed by atoms with E-state index in [1.165, 1.54) is 32.6 Å². The summed E-state index contributed by atoms with van der Waals surface area (Å²) in [6.07, 6.45) is 2.24. The molecule has 0 saturated carbocycles. The molecule has 1 N–H and O–H groups in total. The standard InChI is InChI=1S/C18H19NS/c1-4-7-14-17-13(12(2)3)8-5-9-15(17)19-18(14)16-10-6-11-20-16/h5-6,8-11,19H,2,4,7H2,1,3H3. The second-order valence-corrected chi connectivity index (χ2v) is 6.16. The molecule has 0 spiro atoms. The molecule has 20 heavy (non-hydrogen) atoms. The number of hydrogen-bond acceptors (Lipinski definition) is 1. The Morgan fingerprint density at radius 3 is 2.75 bits per heavy atom. The molecule has 2 heterocycles. The van der Waals surface area contributed by atoms with Crippen LogP contribution in [-0.2, 0) is 6.42 Å².